The van der Waals surface area contributed by atoms with Crippen LogP contribution in [0.3, 0.4) is 0 Å². The summed E-state index contributed by atoms with van der Waals surface area (Å²) in [6, 6.07) is 15.9. The van der Waals surface area contributed by atoms with Gasteiger partial charge in [0.15, 0.2) is 0 Å². The number of aromatic nitrogens is 2. The number of ether oxygens (including phenoxy) is 2. The number of anilines is 1. The lowest BCUT2D eigenvalue weighted by molar-refractivity contribution is -0.153. The molecule has 0 unspecified atom stereocenters. The van der Waals surface area contributed by atoms with Gasteiger partial charge in [-0.2, -0.15) is 0 Å². The van der Waals surface area contributed by atoms with E-state index in [1.54, 1.807) is 24.6 Å². The lowest BCUT2D eigenvalue weighted by atomic mass is 10.0. The number of esters is 1. The number of nitrogens with zero attached hydrogens (tertiary/aromatic N) is 3. The molecule has 7 nitrogen and oxygen atoms in total. The summed E-state index contributed by atoms with van der Waals surface area (Å²) in [5.41, 5.74) is 4.86. The highest BCUT2D eigenvalue weighted by Gasteiger charge is 2.21. The minimum atomic E-state index is -0.573. The Morgan fingerprint density at radius 3 is 2.21 bits per heavy atom. The Balaban J connectivity index is 1.51. The van der Waals surface area contributed by atoms with Gasteiger partial charge in [0.2, 0.25) is 0 Å². The summed E-state index contributed by atoms with van der Waals surface area (Å²) in [5.74, 6) is 0.277. The van der Waals surface area contributed by atoms with Gasteiger partial charge in [0.25, 0.3) is 0 Å². The van der Waals surface area contributed by atoms with Crippen LogP contribution in [-0.2, 0) is 20.7 Å². The highest BCUT2D eigenvalue weighted by molar-refractivity contribution is 7.21. The molecule has 0 aliphatic carbocycles. The number of amides is 1. The lowest BCUT2D eigenvalue weighted by Gasteiger charge is -2.24. The highest BCUT2D eigenvalue weighted by atomic mass is 32.1. The van der Waals surface area contributed by atoms with Crippen molar-refractivity contribution in [1.29, 1.82) is 0 Å². The van der Waals surface area contributed by atoms with Gasteiger partial charge in [0, 0.05) is 24.4 Å². The average Bonchev–Trinajstić information content (AvgIpc) is 3.24. The smallest absolute Gasteiger partial charge is 0.415 e. The predicted molar refractivity (Wildman–Crippen MR) is 157 cm³/mol. The molecule has 0 fully saturated rings. The van der Waals surface area contributed by atoms with Gasteiger partial charge in [0.1, 0.15) is 22.0 Å². The summed E-state index contributed by atoms with van der Waals surface area (Å²) in [6.45, 7) is 13.2. The molecule has 2 heterocycles. The fourth-order valence-electron chi connectivity index (χ4n) is 4.00. The number of aryl methyl sites for hydroxylation is 1. The zero-order chi connectivity index (χ0) is 28.5. The zero-order valence-corrected chi connectivity index (χ0v) is 24.6. The molecule has 4 rings (SSSR count). The Labute approximate surface area is 233 Å². The van der Waals surface area contributed by atoms with E-state index < -0.39 is 17.3 Å². The molecule has 0 aliphatic heterocycles. The maximum absolute atomic E-state index is 12.3. The quantitative estimate of drug-likeness (QED) is 0.240. The summed E-state index contributed by atoms with van der Waals surface area (Å²) >= 11 is 1.61. The van der Waals surface area contributed by atoms with E-state index in [0.29, 0.717) is 5.82 Å². The Hall–Kier alpha value is -3.78. The van der Waals surface area contributed by atoms with Crippen LogP contribution in [0.1, 0.15) is 52.7 Å². The molecule has 0 N–H and O–H groups in total. The molecular weight excluding hydrogens is 510 g/mol. The molecule has 1 amide bonds. The van der Waals surface area contributed by atoms with Gasteiger partial charge in [-0.25, -0.2) is 14.8 Å². The normalized spacial score (nSPS) is 11.9. The number of carbonyl (C=O) groups excluding carboxylic acids is 2. The Morgan fingerprint density at radius 1 is 0.897 bits per heavy atom. The van der Waals surface area contributed by atoms with Crippen molar-refractivity contribution in [2.45, 2.75) is 66.1 Å². The zero-order valence-electron chi connectivity index (χ0n) is 23.8. The molecule has 2 aromatic heterocycles. The first-order valence-corrected chi connectivity index (χ1v) is 13.7. The van der Waals surface area contributed by atoms with Crippen LogP contribution in [0.25, 0.3) is 31.9 Å². The van der Waals surface area contributed by atoms with Crippen LogP contribution in [0.5, 0.6) is 0 Å². The molecule has 8 heteroatoms. The van der Waals surface area contributed by atoms with E-state index >= 15 is 0 Å². The third-order valence-electron chi connectivity index (χ3n) is 5.77. The van der Waals surface area contributed by atoms with Gasteiger partial charge in [-0.05, 0) is 89.4 Å². The van der Waals surface area contributed by atoms with Crippen LogP contribution in [-0.4, -0.2) is 40.3 Å². The van der Waals surface area contributed by atoms with E-state index in [0.717, 1.165) is 43.0 Å². The van der Waals surface area contributed by atoms with Crippen molar-refractivity contribution in [3.8, 4) is 21.7 Å². The third-order valence-corrected chi connectivity index (χ3v) is 6.82. The summed E-state index contributed by atoms with van der Waals surface area (Å²) < 4.78 is 11.9. The Bertz CT molecular complexity index is 1510. The first kappa shape index (κ1) is 28.2. The summed E-state index contributed by atoms with van der Waals surface area (Å²) in [5, 5.41) is 0.927. The molecule has 0 spiro atoms. The number of fused-ring (bicyclic) bond motifs is 1. The van der Waals surface area contributed by atoms with Crippen molar-refractivity contribution in [2.75, 3.05) is 11.9 Å². The molecule has 0 saturated carbocycles. The van der Waals surface area contributed by atoms with Crippen molar-refractivity contribution in [2.24, 2.45) is 0 Å². The molecule has 2 aromatic carbocycles. The predicted octanol–water partition coefficient (Wildman–Crippen LogP) is 7.59. The summed E-state index contributed by atoms with van der Waals surface area (Å²) in [6.07, 6.45) is 1.54. The van der Waals surface area contributed by atoms with Gasteiger partial charge >= 0.3 is 12.1 Å². The minimum absolute atomic E-state index is 0.231. The standard InChI is InChI=1S/C31H35N3O4S/c1-19-15-21(22-11-14-26(32-18-22)34(8)29(36)38-31(5,6)7)10-12-23(19)28-33-24-13-9-20(16-25(24)39-28)17-27(35)37-30(2,3)4/h9-16,18H,17H2,1-8H3. The number of hydrogen-bond acceptors (Lipinski definition) is 7. The van der Waals surface area contributed by atoms with E-state index in [-0.39, 0.29) is 12.4 Å². The van der Waals surface area contributed by atoms with Crippen LogP contribution in [0, 0.1) is 6.92 Å². The number of rotatable bonds is 5. The fraction of sp³-hybridized carbons (Fsp3) is 0.355. The number of thiazole rings is 1. The van der Waals surface area contributed by atoms with Crippen molar-refractivity contribution in [1.82, 2.24) is 9.97 Å². The lowest BCUT2D eigenvalue weighted by Crippen LogP contribution is -2.34. The largest absolute Gasteiger partial charge is 0.460 e. The van der Waals surface area contributed by atoms with Gasteiger partial charge < -0.3 is 9.47 Å². The first-order valence-electron chi connectivity index (χ1n) is 12.8. The molecule has 0 aliphatic rings. The molecular formula is C31H35N3O4S. The molecule has 0 bridgehead atoms. The van der Waals surface area contributed by atoms with Crippen molar-refractivity contribution in [3.05, 3.63) is 65.9 Å². The van der Waals surface area contributed by atoms with Crippen LogP contribution < -0.4 is 4.90 Å². The van der Waals surface area contributed by atoms with Gasteiger partial charge in [-0.15, -0.1) is 11.3 Å². The highest BCUT2D eigenvalue weighted by Crippen LogP contribution is 2.34. The van der Waals surface area contributed by atoms with Crippen LogP contribution in [0.15, 0.2) is 54.7 Å². The maximum Gasteiger partial charge on any atom is 0.415 e. The van der Waals surface area contributed by atoms with Crippen LogP contribution in [0.4, 0.5) is 10.6 Å². The van der Waals surface area contributed by atoms with E-state index in [1.165, 1.54) is 4.90 Å². The number of hydrogen-bond donors (Lipinski definition) is 0. The molecule has 204 valence electrons. The van der Waals surface area contributed by atoms with Gasteiger partial charge in [-0.1, -0.05) is 24.3 Å². The maximum atomic E-state index is 12.3. The van der Waals surface area contributed by atoms with E-state index in [1.807, 2.05) is 71.9 Å². The van der Waals surface area contributed by atoms with Crippen molar-refractivity contribution < 1.29 is 19.1 Å². The third kappa shape index (κ3) is 7.20. The van der Waals surface area contributed by atoms with Crippen molar-refractivity contribution >= 4 is 39.4 Å². The second-order valence-corrected chi connectivity index (χ2v) is 12.6. The monoisotopic (exact) mass is 545 g/mol. The number of pyridine rings is 1. The Kier molecular flexibility index (Phi) is 7.80. The van der Waals surface area contributed by atoms with Crippen LogP contribution in [0.2, 0.25) is 0 Å². The van der Waals surface area contributed by atoms with E-state index in [2.05, 4.69) is 30.1 Å². The molecule has 0 saturated heterocycles. The average molecular weight is 546 g/mol. The van der Waals surface area contributed by atoms with Crippen LogP contribution >= 0.6 is 11.3 Å². The Morgan fingerprint density at radius 2 is 1.59 bits per heavy atom. The van der Waals surface area contributed by atoms with Gasteiger partial charge in [-0.3, -0.25) is 9.69 Å². The number of carbonyl (C=O) groups is 2. The molecule has 0 atom stereocenters. The van der Waals surface area contributed by atoms with Gasteiger partial charge in [0.05, 0.1) is 16.6 Å². The molecule has 4 aromatic rings. The number of benzene rings is 2. The SMILES string of the molecule is Cc1cc(-c2ccc(N(C)C(=O)OC(C)(C)C)nc2)ccc1-c1nc2ccc(CC(=O)OC(C)(C)C)cc2s1. The summed E-state index contributed by atoms with van der Waals surface area (Å²) in [7, 11) is 1.65. The second-order valence-electron chi connectivity index (χ2n) is 11.6. The van der Waals surface area contributed by atoms with E-state index in [9.17, 15) is 9.59 Å². The topological polar surface area (TPSA) is 81.6 Å². The molecule has 39 heavy (non-hydrogen) atoms. The first-order chi connectivity index (χ1) is 18.2. The second kappa shape index (κ2) is 10.8. The van der Waals surface area contributed by atoms with Crippen molar-refractivity contribution in [3.63, 3.8) is 0 Å². The van der Waals surface area contributed by atoms with E-state index in [4.69, 9.17) is 14.5 Å². The minimum Gasteiger partial charge on any atom is -0.460 e. The fourth-order valence-corrected chi connectivity index (χ4v) is 5.12. The summed E-state index contributed by atoms with van der Waals surface area (Å²) in [4.78, 5) is 35.3. The molecule has 0 radical (unpaired) electrons.